The highest BCUT2D eigenvalue weighted by molar-refractivity contribution is 5.71. The number of nitrogens with one attached hydrogen (secondary N) is 1. The van der Waals surface area contributed by atoms with Gasteiger partial charge < -0.3 is 14.8 Å². The largest absolute Gasteiger partial charge is 0.497 e. The highest BCUT2D eigenvalue weighted by atomic mass is 16.5. The number of hydrogen-bond acceptors (Lipinski definition) is 4. The first kappa shape index (κ1) is 14.5. The van der Waals surface area contributed by atoms with Crippen LogP contribution in [0.5, 0.6) is 5.75 Å². The van der Waals surface area contributed by atoms with E-state index in [0.717, 1.165) is 5.75 Å². The van der Waals surface area contributed by atoms with Gasteiger partial charge in [-0.2, -0.15) is 0 Å². The van der Waals surface area contributed by atoms with Gasteiger partial charge in [0.15, 0.2) is 0 Å². The normalized spacial score (nSPS) is 11.1. The van der Waals surface area contributed by atoms with Crippen LogP contribution in [0.3, 0.4) is 0 Å². The second-order valence-electron chi connectivity index (χ2n) is 4.80. The number of ether oxygens (including phenoxy) is 2. The van der Waals surface area contributed by atoms with Gasteiger partial charge in [-0.25, -0.2) is 0 Å². The Morgan fingerprint density at radius 2 is 2.06 bits per heavy atom. The molecule has 0 atom stereocenters. The zero-order valence-corrected chi connectivity index (χ0v) is 11.4. The van der Waals surface area contributed by atoms with E-state index in [9.17, 15) is 4.79 Å². The molecular formula is C14H21NO3. The van der Waals surface area contributed by atoms with E-state index in [2.05, 4.69) is 30.0 Å². The molecule has 18 heavy (non-hydrogen) atoms. The molecule has 1 N–H and O–H groups in total. The van der Waals surface area contributed by atoms with Gasteiger partial charge in [-0.1, -0.05) is 26.0 Å². The van der Waals surface area contributed by atoms with E-state index in [1.165, 1.54) is 12.7 Å². The van der Waals surface area contributed by atoms with Gasteiger partial charge in [-0.05, 0) is 17.7 Å². The number of esters is 1. The number of benzene rings is 1. The summed E-state index contributed by atoms with van der Waals surface area (Å²) in [6.45, 7) is 5.15. The average Bonchev–Trinajstić information content (AvgIpc) is 2.38. The molecule has 0 aliphatic heterocycles. The molecule has 0 heterocycles. The van der Waals surface area contributed by atoms with Crippen LogP contribution in [-0.4, -0.2) is 33.3 Å². The molecule has 1 rings (SSSR count). The molecule has 4 nitrogen and oxygen atoms in total. The van der Waals surface area contributed by atoms with Crippen molar-refractivity contribution in [3.63, 3.8) is 0 Å². The van der Waals surface area contributed by atoms with Crippen LogP contribution < -0.4 is 10.1 Å². The van der Waals surface area contributed by atoms with E-state index < -0.39 is 0 Å². The SMILES string of the molecule is COC(=O)CNCC(C)(C)c1cccc(OC)c1. The Bertz CT molecular complexity index is 402. The van der Waals surface area contributed by atoms with Gasteiger partial charge in [0.1, 0.15) is 5.75 Å². The fourth-order valence-electron chi connectivity index (χ4n) is 1.70. The molecule has 0 radical (unpaired) electrons. The second kappa shape index (κ2) is 6.40. The maximum Gasteiger partial charge on any atom is 0.319 e. The Labute approximate surface area is 108 Å². The van der Waals surface area contributed by atoms with Gasteiger partial charge in [0.2, 0.25) is 0 Å². The van der Waals surface area contributed by atoms with Crippen LogP contribution in [0.25, 0.3) is 0 Å². The minimum atomic E-state index is -0.253. The molecule has 1 aromatic rings. The fourth-order valence-corrected chi connectivity index (χ4v) is 1.70. The summed E-state index contributed by atoms with van der Waals surface area (Å²) in [5.41, 5.74) is 1.09. The highest BCUT2D eigenvalue weighted by Crippen LogP contribution is 2.25. The third-order valence-electron chi connectivity index (χ3n) is 2.92. The molecule has 0 spiro atoms. The third kappa shape index (κ3) is 4.04. The van der Waals surface area contributed by atoms with Crippen LogP contribution in [0.4, 0.5) is 0 Å². The van der Waals surface area contributed by atoms with E-state index in [4.69, 9.17) is 4.74 Å². The number of carbonyl (C=O) groups is 1. The van der Waals surface area contributed by atoms with Crippen LogP contribution in [0.1, 0.15) is 19.4 Å². The molecule has 4 heteroatoms. The topological polar surface area (TPSA) is 47.6 Å². The molecule has 0 aliphatic rings. The molecule has 0 bridgehead atoms. The van der Waals surface area contributed by atoms with Crippen molar-refractivity contribution >= 4 is 5.97 Å². The van der Waals surface area contributed by atoms with Crippen molar-refractivity contribution < 1.29 is 14.3 Å². The first-order valence-electron chi connectivity index (χ1n) is 5.91. The minimum absolute atomic E-state index is 0.0808. The average molecular weight is 251 g/mol. The first-order valence-corrected chi connectivity index (χ1v) is 5.91. The van der Waals surface area contributed by atoms with Gasteiger partial charge in [0.05, 0.1) is 20.8 Å². The molecule has 0 aliphatic carbocycles. The summed E-state index contributed by atoms with van der Waals surface area (Å²) < 4.78 is 9.80. The number of carbonyl (C=O) groups excluding carboxylic acids is 1. The van der Waals surface area contributed by atoms with Crippen molar-refractivity contribution in [3.8, 4) is 5.75 Å². The lowest BCUT2D eigenvalue weighted by molar-refractivity contribution is -0.139. The van der Waals surface area contributed by atoms with Gasteiger partial charge >= 0.3 is 5.97 Å². The van der Waals surface area contributed by atoms with Crippen LogP contribution >= 0.6 is 0 Å². The van der Waals surface area contributed by atoms with E-state index in [1.807, 2.05) is 18.2 Å². The lowest BCUT2D eigenvalue weighted by atomic mass is 9.84. The standard InChI is InChI=1S/C14H21NO3/c1-14(2,10-15-9-13(16)18-4)11-6-5-7-12(8-11)17-3/h5-8,15H,9-10H2,1-4H3. The molecule has 1 aromatic carbocycles. The quantitative estimate of drug-likeness (QED) is 0.782. The van der Waals surface area contributed by atoms with Crippen molar-refractivity contribution in [3.05, 3.63) is 29.8 Å². The zero-order chi connectivity index (χ0) is 13.6. The van der Waals surface area contributed by atoms with Gasteiger partial charge in [-0.3, -0.25) is 4.79 Å². The summed E-state index contributed by atoms with van der Waals surface area (Å²) in [5, 5.41) is 3.10. The summed E-state index contributed by atoms with van der Waals surface area (Å²) >= 11 is 0. The predicted octanol–water partition coefficient (Wildman–Crippen LogP) is 1.74. The number of rotatable bonds is 6. The van der Waals surface area contributed by atoms with Gasteiger partial charge in [0.25, 0.3) is 0 Å². The van der Waals surface area contributed by atoms with E-state index >= 15 is 0 Å². The Morgan fingerprint density at radius 1 is 1.33 bits per heavy atom. The maximum atomic E-state index is 11.0. The zero-order valence-electron chi connectivity index (χ0n) is 11.4. The lowest BCUT2D eigenvalue weighted by Crippen LogP contribution is -2.36. The fraction of sp³-hybridized carbons (Fsp3) is 0.500. The van der Waals surface area contributed by atoms with Crippen molar-refractivity contribution in [1.29, 1.82) is 0 Å². The highest BCUT2D eigenvalue weighted by Gasteiger charge is 2.21. The molecular weight excluding hydrogens is 230 g/mol. The second-order valence-corrected chi connectivity index (χ2v) is 4.80. The summed E-state index contributed by atoms with van der Waals surface area (Å²) in [6, 6.07) is 7.96. The Balaban J connectivity index is 2.64. The summed E-state index contributed by atoms with van der Waals surface area (Å²) in [5.74, 6) is 0.588. The van der Waals surface area contributed by atoms with E-state index in [0.29, 0.717) is 6.54 Å². The van der Waals surface area contributed by atoms with Crippen molar-refractivity contribution in [2.24, 2.45) is 0 Å². The van der Waals surface area contributed by atoms with Crippen LogP contribution in [-0.2, 0) is 14.9 Å². The third-order valence-corrected chi connectivity index (χ3v) is 2.92. The number of hydrogen-bond donors (Lipinski definition) is 1. The van der Waals surface area contributed by atoms with E-state index in [1.54, 1.807) is 7.11 Å². The van der Waals surface area contributed by atoms with Crippen LogP contribution in [0, 0.1) is 0 Å². The van der Waals surface area contributed by atoms with Crippen molar-refractivity contribution in [2.45, 2.75) is 19.3 Å². The molecule has 100 valence electrons. The minimum Gasteiger partial charge on any atom is -0.497 e. The summed E-state index contributed by atoms with van der Waals surface area (Å²) in [7, 11) is 3.04. The van der Waals surface area contributed by atoms with Gasteiger partial charge in [-0.15, -0.1) is 0 Å². The first-order chi connectivity index (χ1) is 8.49. The lowest BCUT2D eigenvalue weighted by Gasteiger charge is -2.26. The molecule has 0 saturated heterocycles. The number of methoxy groups -OCH3 is 2. The Morgan fingerprint density at radius 3 is 2.67 bits per heavy atom. The monoisotopic (exact) mass is 251 g/mol. The van der Waals surface area contributed by atoms with Gasteiger partial charge in [0, 0.05) is 12.0 Å². The van der Waals surface area contributed by atoms with Crippen LogP contribution in [0.2, 0.25) is 0 Å². The Hall–Kier alpha value is -1.55. The summed E-state index contributed by atoms with van der Waals surface area (Å²) in [6.07, 6.45) is 0. The molecule has 0 amide bonds. The molecule has 0 fully saturated rings. The molecule has 0 unspecified atom stereocenters. The molecule has 0 aromatic heterocycles. The maximum absolute atomic E-state index is 11.0. The molecule has 0 saturated carbocycles. The van der Waals surface area contributed by atoms with Crippen molar-refractivity contribution in [1.82, 2.24) is 5.32 Å². The summed E-state index contributed by atoms with van der Waals surface area (Å²) in [4.78, 5) is 11.0. The van der Waals surface area contributed by atoms with E-state index in [-0.39, 0.29) is 17.9 Å². The smallest absolute Gasteiger partial charge is 0.319 e. The Kier molecular flexibility index (Phi) is 5.16. The predicted molar refractivity (Wildman–Crippen MR) is 70.9 cm³/mol. The van der Waals surface area contributed by atoms with Crippen molar-refractivity contribution in [2.75, 3.05) is 27.3 Å². The van der Waals surface area contributed by atoms with Crippen LogP contribution in [0.15, 0.2) is 24.3 Å².